The highest BCUT2D eigenvalue weighted by atomic mass is 32.2. The van der Waals surface area contributed by atoms with Gasteiger partial charge in [-0.15, -0.1) is 11.3 Å². The highest BCUT2D eigenvalue weighted by molar-refractivity contribution is 7.89. The van der Waals surface area contributed by atoms with Crippen LogP contribution in [-0.2, 0) is 10.0 Å². The molecule has 0 spiro atoms. The van der Waals surface area contributed by atoms with Crippen molar-refractivity contribution in [2.45, 2.75) is 11.8 Å². The average molecular weight is 387 g/mol. The summed E-state index contributed by atoms with van der Waals surface area (Å²) in [4.78, 5) is 17.8. The topological polar surface area (TPSA) is 70.6 Å². The van der Waals surface area contributed by atoms with Gasteiger partial charge in [0.05, 0.1) is 11.2 Å². The van der Waals surface area contributed by atoms with E-state index in [2.05, 4.69) is 4.98 Å². The van der Waals surface area contributed by atoms with E-state index in [1.165, 1.54) is 16.2 Å². The van der Waals surface area contributed by atoms with Crippen LogP contribution in [-0.4, -0.2) is 54.7 Å². The number of amides is 1. The maximum atomic E-state index is 13.8. The molecule has 10 heteroatoms. The fraction of sp³-hybridized carbons (Fsp3) is 0.333. The van der Waals surface area contributed by atoms with Gasteiger partial charge in [0.25, 0.3) is 5.91 Å². The minimum Gasteiger partial charge on any atom is -0.335 e. The molecular formula is C15H15F2N3O3S2. The molecule has 1 saturated heterocycles. The molecule has 6 nitrogen and oxygen atoms in total. The first-order valence-corrected chi connectivity index (χ1v) is 9.77. The lowest BCUT2D eigenvalue weighted by Gasteiger charge is -2.33. The van der Waals surface area contributed by atoms with Crippen LogP contribution in [0.2, 0.25) is 0 Å². The van der Waals surface area contributed by atoms with Crippen LogP contribution in [0.1, 0.15) is 15.4 Å². The van der Waals surface area contributed by atoms with E-state index in [9.17, 15) is 22.0 Å². The van der Waals surface area contributed by atoms with Gasteiger partial charge in [0.1, 0.15) is 21.4 Å². The van der Waals surface area contributed by atoms with Crippen LogP contribution in [0.4, 0.5) is 8.78 Å². The Kier molecular flexibility index (Phi) is 4.85. The second-order valence-corrected chi connectivity index (χ2v) is 8.30. The van der Waals surface area contributed by atoms with E-state index in [0.29, 0.717) is 16.6 Å². The Morgan fingerprint density at radius 3 is 2.48 bits per heavy atom. The maximum absolute atomic E-state index is 13.8. The summed E-state index contributed by atoms with van der Waals surface area (Å²) >= 11 is 1.23. The summed E-state index contributed by atoms with van der Waals surface area (Å²) in [5.74, 6) is -2.02. The van der Waals surface area contributed by atoms with Crippen molar-refractivity contribution in [2.24, 2.45) is 0 Å². The molecule has 0 radical (unpaired) electrons. The number of nitrogens with zero attached hydrogens (tertiary/aromatic N) is 3. The molecule has 1 aromatic heterocycles. The lowest BCUT2D eigenvalue weighted by molar-refractivity contribution is 0.0701. The van der Waals surface area contributed by atoms with Crippen molar-refractivity contribution >= 4 is 27.3 Å². The summed E-state index contributed by atoms with van der Waals surface area (Å²) in [5.41, 5.74) is 2.21. The smallest absolute Gasteiger partial charge is 0.265 e. The molecule has 0 atom stereocenters. The molecule has 0 N–H and O–H groups in total. The Labute approximate surface area is 147 Å². The van der Waals surface area contributed by atoms with Gasteiger partial charge in [-0.05, 0) is 25.1 Å². The number of piperazine rings is 1. The number of carbonyl (C=O) groups excluding carboxylic acids is 1. The Hall–Kier alpha value is -1.91. The summed E-state index contributed by atoms with van der Waals surface area (Å²) in [7, 11) is -4.16. The quantitative estimate of drug-likeness (QED) is 0.806. The van der Waals surface area contributed by atoms with E-state index in [-0.39, 0.29) is 32.1 Å². The van der Waals surface area contributed by atoms with Gasteiger partial charge in [0.15, 0.2) is 0 Å². The molecule has 2 aromatic rings. The van der Waals surface area contributed by atoms with Crippen LogP contribution in [0.25, 0.3) is 0 Å². The molecule has 1 fully saturated rings. The number of hydrogen-bond acceptors (Lipinski definition) is 5. The van der Waals surface area contributed by atoms with Crippen molar-refractivity contribution in [1.29, 1.82) is 0 Å². The molecule has 0 aliphatic carbocycles. The Morgan fingerprint density at radius 2 is 1.88 bits per heavy atom. The van der Waals surface area contributed by atoms with Gasteiger partial charge in [-0.3, -0.25) is 4.79 Å². The zero-order valence-electron chi connectivity index (χ0n) is 13.3. The number of thiazole rings is 1. The van der Waals surface area contributed by atoms with E-state index in [4.69, 9.17) is 0 Å². The summed E-state index contributed by atoms with van der Waals surface area (Å²) in [6, 6.07) is 2.32. The van der Waals surface area contributed by atoms with Crippen molar-refractivity contribution in [2.75, 3.05) is 26.2 Å². The Balaban J connectivity index is 1.74. The third kappa shape index (κ3) is 3.42. The average Bonchev–Trinajstić information content (AvgIpc) is 3.02. The van der Waals surface area contributed by atoms with Crippen molar-refractivity contribution in [3.63, 3.8) is 0 Å². The van der Waals surface area contributed by atoms with Crippen LogP contribution in [0.15, 0.2) is 28.6 Å². The molecule has 0 unspecified atom stereocenters. The monoisotopic (exact) mass is 387 g/mol. The van der Waals surface area contributed by atoms with E-state index in [1.807, 2.05) is 0 Å². The van der Waals surface area contributed by atoms with Gasteiger partial charge >= 0.3 is 0 Å². The summed E-state index contributed by atoms with van der Waals surface area (Å²) in [6.07, 6.45) is 0. The summed E-state index contributed by atoms with van der Waals surface area (Å²) in [5, 5.41) is 0. The van der Waals surface area contributed by atoms with E-state index < -0.39 is 26.6 Å². The maximum Gasteiger partial charge on any atom is 0.265 e. The first-order valence-electron chi connectivity index (χ1n) is 7.45. The SMILES string of the molecule is Cc1ncsc1C(=O)N1CCN(S(=O)(=O)c2cc(F)ccc2F)CC1. The second-order valence-electron chi connectivity index (χ2n) is 5.54. The molecule has 1 aromatic carbocycles. The van der Waals surface area contributed by atoms with Crippen molar-refractivity contribution in [3.05, 3.63) is 45.9 Å². The number of aromatic nitrogens is 1. The van der Waals surface area contributed by atoms with Crippen molar-refractivity contribution in [1.82, 2.24) is 14.2 Å². The Bertz CT molecular complexity index is 906. The summed E-state index contributed by atoms with van der Waals surface area (Å²) < 4.78 is 53.2. The molecule has 1 amide bonds. The standard InChI is InChI=1S/C15H15F2N3O3S2/c1-10-14(24-9-18-10)15(21)19-4-6-20(7-5-19)25(22,23)13-8-11(16)2-3-12(13)17/h2-3,8-9H,4-7H2,1H3. The second kappa shape index (κ2) is 6.77. The predicted octanol–water partition coefficient (Wildman–Crippen LogP) is 1.88. The molecule has 3 rings (SSSR count). The van der Waals surface area contributed by atoms with Crippen LogP contribution < -0.4 is 0 Å². The van der Waals surface area contributed by atoms with E-state index >= 15 is 0 Å². The van der Waals surface area contributed by atoms with Gasteiger partial charge in [0.2, 0.25) is 10.0 Å². The number of rotatable bonds is 3. The minimum absolute atomic E-state index is 0.0158. The van der Waals surface area contributed by atoms with Gasteiger partial charge in [-0.1, -0.05) is 0 Å². The number of hydrogen-bond donors (Lipinski definition) is 0. The van der Waals surface area contributed by atoms with Crippen molar-refractivity contribution in [3.8, 4) is 0 Å². The fourth-order valence-electron chi connectivity index (χ4n) is 2.60. The first-order chi connectivity index (χ1) is 11.8. The van der Waals surface area contributed by atoms with Gasteiger partial charge < -0.3 is 4.90 Å². The van der Waals surface area contributed by atoms with Crippen LogP contribution >= 0.6 is 11.3 Å². The molecule has 0 bridgehead atoms. The van der Waals surface area contributed by atoms with Crippen molar-refractivity contribution < 1.29 is 22.0 Å². The molecule has 0 saturated carbocycles. The largest absolute Gasteiger partial charge is 0.335 e. The predicted molar refractivity (Wildman–Crippen MR) is 87.9 cm³/mol. The zero-order chi connectivity index (χ0) is 18.2. The number of aryl methyl sites for hydroxylation is 1. The van der Waals surface area contributed by atoms with Crippen LogP contribution in [0, 0.1) is 18.6 Å². The van der Waals surface area contributed by atoms with Crippen LogP contribution in [0.5, 0.6) is 0 Å². The van der Waals surface area contributed by atoms with Gasteiger partial charge in [0, 0.05) is 26.2 Å². The Morgan fingerprint density at radius 1 is 1.20 bits per heavy atom. The number of sulfonamides is 1. The lowest BCUT2D eigenvalue weighted by atomic mass is 10.3. The number of halogens is 2. The zero-order valence-corrected chi connectivity index (χ0v) is 14.9. The van der Waals surface area contributed by atoms with Gasteiger partial charge in [-0.2, -0.15) is 4.31 Å². The fourth-order valence-corrected chi connectivity index (χ4v) is 4.86. The molecular weight excluding hydrogens is 372 g/mol. The molecule has 1 aliphatic rings. The van der Waals surface area contributed by atoms with Gasteiger partial charge in [-0.25, -0.2) is 22.2 Å². The molecule has 134 valence electrons. The normalized spacial score (nSPS) is 16.2. The third-order valence-electron chi connectivity index (χ3n) is 3.98. The molecule has 1 aliphatic heterocycles. The minimum atomic E-state index is -4.16. The molecule has 2 heterocycles. The summed E-state index contributed by atoms with van der Waals surface area (Å²) in [6.45, 7) is 2.11. The first kappa shape index (κ1) is 17.9. The molecule has 25 heavy (non-hydrogen) atoms. The number of benzene rings is 1. The van der Waals surface area contributed by atoms with Crippen LogP contribution in [0.3, 0.4) is 0 Å². The highest BCUT2D eigenvalue weighted by Gasteiger charge is 2.33. The lowest BCUT2D eigenvalue weighted by Crippen LogP contribution is -2.50. The van der Waals surface area contributed by atoms with E-state index in [0.717, 1.165) is 16.4 Å². The highest BCUT2D eigenvalue weighted by Crippen LogP contribution is 2.23. The third-order valence-corrected chi connectivity index (χ3v) is 6.81. The van der Waals surface area contributed by atoms with E-state index in [1.54, 1.807) is 12.4 Å². The number of carbonyl (C=O) groups is 1.